The standard InChI is InChI=1S/C35H45ClFN3O4/c1-3-27-18-25(30-13-10-26(36)19-32(30)38-16-14-24(15-17-38)33(41)42)20-40(27)34(43)35(37)22-39(28-6-4-5-7-28)21-31(35)23-8-11-29(44-2)12-9-23/h8-13,19,24-25,27-28,31H,3-7,14-18,20-22H2,1-2H3,(H,41,42)/t25-,27-,31+,35+/m1/s1. The second-order valence-electron chi connectivity index (χ2n) is 13.3. The van der Waals surface area contributed by atoms with Crippen LogP contribution < -0.4 is 9.64 Å². The molecule has 2 aromatic rings. The van der Waals surface area contributed by atoms with Crippen LogP contribution in [0.1, 0.15) is 81.3 Å². The molecular formula is C35H45ClFN3O4. The van der Waals surface area contributed by atoms with E-state index in [-0.39, 0.29) is 30.3 Å². The second-order valence-corrected chi connectivity index (χ2v) is 13.7. The van der Waals surface area contributed by atoms with Gasteiger partial charge in [0.05, 0.1) is 13.0 Å². The summed E-state index contributed by atoms with van der Waals surface area (Å²) in [5.74, 6) is -1.23. The van der Waals surface area contributed by atoms with Crippen molar-refractivity contribution in [2.45, 2.75) is 87.9 Å². The molecule has 0 spiro atoms. The molecule has 4 aliphatic rings. The minimum Gasteiger partial charge on any atom is -0.497 e. The minimum atomic E-state index is -2.01. The van der Waals surface area contributed by atoms with Gasteiger partial charge in [-0.25, -0.2) is 4.39 Å². The number of carbonyl (C=O) groups is 2. The number of halogens is 2. The van der Waals surface area contributed by atoms with Crippen LogP contribution in [-0.2, 0) is 9.59 Å². The van der Waals surface area contributed by atoms with Crippen LogP contribution in [-0.4, -0.2) is 84.4 Å². The maximum absolute atomic E-state index is 17.6. The molecule has 0 bridgehead atoms. The highest BCUT2D eigenvalue weighted by Crippen LogP contribution is 2.47. The zero-order chi connectivity index (χ0) is 31.0. The van der Waals surface area contributed by atoms with Crippen molar-refractivity contribution in [2.24, 2.45) is 5.92 Å². The third kappa shape index (κ3) is 5.92. The summed E-state index contributed by atoms with van der Waals surface area (Å²) >= 11 is 6.47. The van der Waals surface area contributed by atoms with Crippen molar-refractivity contribution in [2.75, 3.05) is 44.7 Å². The first-order valence-electron chi connectivity index (χ1n) is 16.4. The largest absolute Gasteiger partial charge is 0.497 e. The highest BCUT2D eigenvalue weighted by molar-refractivity contribution is 6.30. The average molecular weight is 626 g/mol. The van der Waals surface area contributed by atoms with E-state index in [4.69, 9.17) is 16.3 Å². The Balaban J connectivity index is 1.27. The molecule has 1 saturated carbocycles. The predicted molar refractivity (Wildman–Crippen MR) is 171 cm³/mol. The van der Waals surface area contributed by atoms with Crippen LogP contribution in [0.3, 0.4) is 0 Å². The first-order valence-corrected chi connectivity index (χ1v) is 16.7. The lowest BCUT2D eigenvalue weighted by Gasteiger charge is -2.35. The number of amides is 1. The number of carboxylic acids is 1. The van der Waals surface area contributed by atoms with E-state index in [1.165, 1.54) is 0 Å². The normalized spacial score (nSPS) is 28.6. The van der Waals surface area contributed by atoms with E-state index in [1.54, 1.807) is 7.11 Å². The number of carbonyl (C=O) groups excluding carboxylic acids is 1. The summed E-state index contributed by atoms with van der Waals surface area (Å²) in [5, 5.41) is 10.1. The van der Waals surface area contributed by atoms with Gasteiger partial charge < -0.3 is 19.6 Å². The molecule has 0 aromatic heterocycles. The number of rotatable bonds is 8. The Labute approximate surface area is 265 Å². The number of benzene rings is 2. The van der Waals surface area contributed by atoms with Crippen LogP contribution in [0.25, 0.3) is 0 Å². The van der Waals surface area contributed by atoms with Crippen LogP contribution in [0, 0.1) is 5.92 Å². The van der Waals surface area contributed by atoms with E-state index in [1.807, 2.05) is 41.3 Å². The highest BCUT2D eigenvalue weighted by atomic mass is 35.5. The SMILES string of the molecule is CC[C@@H]1C[C@@H](c2ccc(Cl)cc2N2CCC(C(=O)O)CC2)CN1C(=O)[C@]1(F)CN(C2CCCC2)C[C@H]1c1ccc(OC)cc1. The van der Waals surface area contributed by atoms with E-state index in [0.717, 1.165) is 61.1 Å². The summed E-state index contributed by atoms with van der Waals surface area (Å²) in [6.45, 7) is 4.51. The molecule has 1 amide bonds. The number of ether oxygens (including phenoxy) is 1. The van der Waals surface area contributed by atoms with Gasteiger partial charge in [-0.1, -0.05) is 49.6 Å². The molecule has 0 unspecified atom stereocenters. The van der Waals surface area contributed by atoms with Gasteiger partial charge in [0.15, 0.2) is 0 Å². The van der Waals surface area contributed by atoms with Crippen molar-refractivity contribution in [1.82, 2.24) is 9.80 Å². The number of likely N-dealkylation sites (tertiary alicyclic amines) is 2. The van der Waals surface area contributed by atoms with E-state index in [0.29, 0.717) is 50.1 Å². The zero-order valence-electron chi connectivity index (χ0n) is 25.9. The number of hydrogen-bond acceptors (Lipinski definition) is 5. The molecule has 6 rings (SSSR count). The lowest BCUT2D eigenvalue weighted by Crippen LogP contribution is -2.52. The van der Waals surface area contributed by atoms with Gasteiger partial charge >= 0.3 is 5.97 Å². The summed E-state index contributed by atoms with van der Waals surface area (Å²) < 4.78 is 23.0. The fraction of sp³-hybridized carbons (Fsp3) is 0.600. The smallest absolute Gasteiger partial charge is 0.306 e. The molecule has 1 aliphatic carbocycles. The number of anilines is 1. The monoisotopic (exact) mass is 625 g/mol. The first-order chi connectivity index (χ1) is 21.2. The van der Waals surface area contributed by atoms with Crippen LogP contribution in [0.5, 0.6) is 5.75 Å². The summed E-state index contributed by atoms with van der Waals surface area (Å²) in [4.78, 5) is 32.4. The Kier molecular flexibility index (Phi) is 9.12. The highest BCUT2D eigenvalue weighted by Gasteiger charge is 2.57. The van der Waals surface area contributed by atoms with Gasteiger partial charge in [0.25, 0.3) is 5.91 Å². The van der Waals surface area contributed by atoms with Gasteiger partial charge in [0, 0.05) is 67.4 Å². The maximum Gasteiger partial charge on any atom is 0.306 e. The second kappa shape index (κ2) is 12.9. The molecular weight excluding hydrogens is 581 g/mol. The maximum atomic E-state index is 17.6. The summed E-state index contributed by atoms with van der Waals surface area (Å²) in [7, 11) is 1.62. The third-order valence-electron chi connectivity index (χ3n) is 10.9. The molecule has 1 N–H and O–H groups in total. The molecule has 3 heterocycles. The molecule has 3 saturated heterocycles. The fourth-order valence-electron chi connectivity index (χ4n) is 8.34. The first kappa shape index (κ1) is 31.2. The number of aliphatic carboxylic acids is 1. The van der Waals surface area contributed by atoms with Gasteiger partial charge in [0.2, 0.25) is 5.67 Å². The van der Waals surface area contributed by atoms with Crippen molar-refractivity contribution >= 4 is 29.2 Å². The van der Waals surface area contributed by atoms with Gasteiger partial charge in [0.1, 0.15) is 5.75 Å². The molecule has 4 fully saturated rings. The van der Waals surface area contributed by atoms with Gasteiger partial charge in [-0.3, -0.25) is 14.5 Å². The van der Waals surface area contributed by atoms with Gasteiger partial charge in [-0.15, -0.1) is 0 Å². The van der Waals surface area contributed by atoms with Crippen LogP contribution in [0.4, 0.5) is 10.1 Å². The molecule has 3 aliphatic heterocycles. The molecule has 9 heteroatoms. The fourth-order valence-corrected chi connectivity index (χ4v) is 8.51. The van der Waals surface area contributed by atoms with Crippen molar-refractivity contribution in [3.63, 3.8) is 0 Å². The lowest BCUT2D eigenvalue weighted by atomic mass is 9.85. The van der Waals surface area contributed by atoms with Crippen molar-refractivity contribution in [1.29, 1.82) is 0 Å². The quantitative estimate of drug-likeness (QED) is 0.361. The minimum absolute atomic E-state index is 0.0451. The average Bonchev–Trinajstić information content (AvgIpc) is 3.80. The number of piperidine rings is 1. The molecule has 0 radical (unpaired) electrons. The van der Waals surface area contributed by atoms with E-state index in [9.17, 15) is 14.7 Å². The van der Waals surface area contributed by atoms with Crippen molar-refractivity contribution < 1.29 is 23.8 Å². The molecule has 2 aromatic carbocycles. The third-order valence-corrected chi connectivity index (χ3v) is 11.1. The number of hydrogen-bond donors (Lipinski definition) is 1. The Morgan fingerprint density at radius 3 is 2.39 bits per heavy atom. The summed E-state index contributed by atoms with van der Waals surface area (Å²) in [6.07, 6.45) is 7.13. The number of alkyl halides is 1. The van der Waals surface area contributed by atoms with Gasteiger partial charge in [-0.2, -0.15) is 0 Å². The topological polar surface area (TPSA) is 73.3 Å². The number of nitrogens with zero attached hydrogens (tertiary/aromatic N) is 3. The van der Waals surface area contributed by atoms with E-state index in [2.05, 4.69) is 22.8 Å². The van der Waals surface area contributed by atoms with Gasteiger partial charge in [-0.05, 0) is 73.9 Å². The Morgan fingerprint density at radius 2 is 1.75 bits per heavy atom. The Morgan fingerprint density at radius 1 is 1.05 bits per heavy atom. The lowest BCUT2D eigenvalue weighted by molar-refractivity contribution is -0.145. The Bertz CT molecular complexity index is 1340. The number of methoxy groups -OCH3 is 1. The van der Waals surface area contributed by atoms with Crippen LogP contribution in [0.2, 0.25) is 5.02 Å². The van der Waals surface area contributed by atoms with E-state index >= 15 is 4.39 Å². The van der Waals surface area contributed by atoms with Crippen LogP contribution >= 0.6 is 11.6 Å². The van der Waals surface area contributed by atoms with Crippen molar-refractivity contribution in [3.05, 3.63) is 58.6 Å². The van der Waals surface area contributed by atoms with Crippen LogP contribution in [0.15, 0.2) is 42.5 Å². The zero-order valence-corrected chi connectivity index (χ0v) is 26.6. The van der Waals surface area contributed by atoms with E-state index < -0.39 is 17.6 Å². The van der Waals surface area contributed by atoms with Crippen molar-refractivity contribution in [3.8, 4) is 5.75 Å². The predicted octanol–water partition coefficient (Wildman–Crippen LogP) is 6.49. The molecule has 238 valence electrons. The molecule has 44 heavy (non-hydrogen) atoms. The molecule has 7 nitrogen and oxygen atoms in total. The molecule has 4 atom stereocenters. The summed E-state index contributed by atoms with van der Waals surface area (Å²) in [5.41, 5.74) is 0.946. The number of carboxylic acid groups (broad SMARTS) is 1. The Hall–Kier alpha value is -2.84. The summed E-state index contributed by atoms with van der Waals surface area (Å²) in [6, 6.07) is 13.7.